The fraction of sp³-hybridized carbons (Fsp3) is 0. The maximum Gasteiger partial charge on any atom is 0.161 e. The Morgan fingerprint density at radius 2 is 0.825 bits per heavy atom. The van der Waals surface area contributed by atoms with Crippen LogP contribution >= 0.6 is 0 Å². The number of rotatable bonds is 6. The number of para-hydroxylation sites is 1. The molecule has 0 fully saturated rings. The van der Waals surface area contributed by atoms with Crippen molar-refractivity contribution in [2.24, 2.45) is 0 Å². The molecular weight excluding hydrogens is 693 g/mol. The molecule has 3 heteroatoms. The van der Waals surface area contributed by atoms with E-state index in [1.807, 2.05) is 18.2 Å². The lowest BCUT2D eigenvalue weighted by molar-refractivity contribution is 0.669. The van der Waals surface area contributed by atoms with Crippen molar-refractivity contribution in [3.8, 4) is 67.3 Å². The van der Waals surface area contributed by atoms with Crippen molar-refractivity contribution < 1.29 is 4.42 Å². The van der Waals surface area contributed by atoms with Gasteiger partial charge < -0.3 is 4.42 Å². The summed E-state index contributed by atoms with van der Waals surface area (Å²) in [5.74, 6) is 0.679. The first-order chi connectivity index (χ1) is 28.2. The lowest BCUT2D eigenvalue weighted by Crippen LogP contribution is -1.98. The number of fused-ring (bicyclic) bond motifs is 6. The zero-order chi connectivity index (χ0) is 37.7. The fourth-order valence-electron chi connectivity index (χ4n) is 8.22. The van der Waals surface area contributed by atoms with E-state index in [-0.39, 0.29) is 0 Å². The molecule has 57 heavy (non-hydrogen) atoms. The number of nitrogens with zero attached hydrogens (tertiary/aromatic N) is 2. The Labute approximate surface area is 330 Å². The summed E-state index contributed by atoms with van der Waals surface area (Å²) < 4.78 is 6.20. The predicted octanol–water partition coefficient (Wildman–Crippen LogP) is 14.7. The standard InChI is InChI=1S/C54H34N2O/c1-3-13-35(14-4-1)41-29-42(39-27-28-53-49(32-39)46-20-11-12-22-52(46)57-53)31-43(30-41)51-34-50(38-16-5-2-6-17-38)55-54(56-51)47-21-10-9-19-45(47)40-26-25-37-24-23-36-15-7-8-18-44(36)48(37)33-40/h1-34H. The van der Waals surface area contributed by atoms with Gasteiger partial charge in [0, 0.05) is 27.5 Å². The highest BCUT2D eigenvalue weighted by Gasteiger charge is 2.17. The van der Waals surface area contributed by atoms with Gasteiger partial charge in [-0.2, -0.15) is 0 Å². The molecule has 2 aromatic heterocycles. The van der Waals surface area contributed by atoms with Crippen molar-refractivity contribution in [2.75, 3.05) is 0 Å². The van der Waals surface area contributed by atoms with Crippen LogP contribution in [0.4, 0.5) is 0 Å². The van der Waals surface area contributed by atoms with E-state index in [9.17, 15) is 0 Å². The largest absolute Gasteiger partial charge is 0.456 e. The summed E-state index contributed by atoms with van der Waals surface area (Å²) in [5, 5.41) is 7.13. The van der Waals surface area contributed by atoms with Crippen LogP contribution in [0.5, 0.6) is 0 Å². The topological polar surface area (TPSA) is 38.9 Å². The molecule has 0 amide bonds. The summed E-state index contributed by atoms with van der Waals surface area (Å²) in [7, 11) is 0. The highest BCUT2D eigenvalue weighted by Crippen LogP contribution is 2.39. The average Bonchev–Trinajstić information content (AvgIpc) is 3.67. The second kappa shape index (κ2) is 13.6. The van der Waals surface area contributed by atoms with Gasteiger partial charge in [0.1, 0.15) is 11.2 Å². The van der Waals surface area contributed by atoms with Gasteiger partial charge in [0.25, 0.3) is 0 Å². The first-order valence-electron chi connectivity index (χ1n) is 19.3. The zero-order valence-electron chi connectivity index (χ0n) is 30.9. The average molecular weight is 727 g/mol. The Kier molecular flexibility index (Phi) is 7.82. The molecule has 266 valence electrons. The first kappa shape index (κ1) is 32.8. The molecule has 9 aromatic carbocycles. The fourth-order valence-corrected chi connectivity index (χ4v) is 8.22. The van der Waals surface area contributed by atoms with Crippen LogP contribution < -0.4 is 0 Å². The van der Waals surface area contributed by atoms with E-state index in [0.717, 1.165) is 83.4 Å². The molecule has 3 nitrogen and oxygen atoms in total. The molecule has 0 aliphatic rings. The molecule has 0 saturated heterocycles. The Hall–Kier alpha value is -7.62. The minimum absolute atomic E-state index is 0.679. The molecule has 0 spiro atoms. The number of hydrogen-bond donors (Lipinski definition) is 0. The second-order valence-corrected chi connectivity index (χ2v) is 14.6. The SMILES string of the molecule is c1ccc(-c2cc(-c3ccc4oc5ccccc5c4c3)cc(-c3cc(-c4ccccc4)nc(-c4ccccc4-c4ccc5ccc6ccccc6c5c4)n3)c2)cc1. The van der Waals surface area contributed by atoms with E-state index in [4.69, 9.17) is 14.4 Å². The monoisotopic (exact) mass is 726 g/mol. The summed E-state index contributed by atoms with van der Waals surface area (Å²) in [6, 6.07) is 72.9. The van der Waals surface area contributed by atoms with Crippen LogP contribution in [0.25, 0.3) is 111 Å². The maximum atomic E-state index is 6.20. The van der Waals surface area contributed by atoms with Gasteiger partial charge in [0.2, 0.25) is 0 Å². The number of hydrogen-bond acceptors (Lipinski definition) is 3. The quantitative estimate of drug-likeness (QED) is 0.160. The minimum Gasteiger partial charge on any atom is -0.456 e. The van der Waals surface area contributed by atoms with Crippen LogP contribution in [0.2, 0.25) is 0 Å². The van der Waals surface area contributed by atoms with Gasteiger partial charge in [-0.3, -0.25) is 0 Å². The third kappa shape index (κ3) is 5.94. The van der Waals surface area contributed by atoms with Crippen molar-refractivity contribution in [3.63, 3.8) is 0 Å². The Morgan fingerprint density at radius 1 is 0.281 bits per heavy atom. The van der Waals surface area contributed by atoms with Crippen LogP contribution in [0.15, 0.2) is 211 Å². The van der Waals surface area contributed by atoms with Gasteiger partial charge in [-0.15, -0.1) is 0 Å². The molecule has 11 aromatic rings. The molecule has 0 N–H and O–H groups in total. The molecule has 0 atom stereocenters. The van der Waals surface area contributed by atoms with E-state index in [0.29, 0.717) is 5.82 Å². The first-order valence-corrected chi connectivity index (χ1v) is 19.3. The number of benzene rings is 9. The smallest absolute Gasteiger partial charge is 0.161 e. The van der Waals surface area contributed by atoms with Crippen LogP contribution in [0.3, 0.4) is 0 Å². The predicted molar refractivity (Wildman–Crippen MR) is 237 cm³/mol. The highest BCUT2D eigenvalue weighted by molar-refractivity contribution is 6.09. The van der Waals surface area contributed by atoms with E-state index < -0.39 is 0 Å². The van der Waals surface area contributed by atoms with E-state index in [1.54, 1.807) is 0 Å². The van der Waals surface area contributed by atoms with Crippen molar-refractivity contribution in [2.45, 2.75) is 0 Å². The van der Waals surface area contributed by atoms with E-state index in [2.05, 4.69) is 188 Å². The Morgan fingerprint density at radius 3 is 1.63 bits per heavy atom. The molecule has 0 bridgehead atoms. The van der Waals surface area contributed by atoms with Gasteiger partial charge >= 0.3 is 0 Å². The lowest BCUT2D eigenvalue weighted by Gasteiger charge is -2.15. The van der Waals surface area contributed by atoms with Crippen LogP contribution in [-0.4, -0.2) is 9.97 Å². The summed E-state index contributed by atoms with van der Waals surface area (Å²) in [4.78, 5) is 10.7. The molecular formula is C54H34N2O. The third-order valence-electron chi connectivity index (χ3n) is 11.1. The lowest BCUT2D eigenvalue weighted by atomic mass is 9.93. The van der Waals surface area contributed by atoms with Gasteiger partial charge in [0.15, 0.2) is 5.82 Å². The minimum atomic E-state index is 0.679. The highest BCUT2D eigenvalue weighted by atomic mass is 16.3. The summed E-state index contributed by atoms with van der Waals surface area (Å²) >= 11 is 0. The van der Waals surface area contributed by atoms with E-state index >= 15 is 0 Å². The second-order valence-electron chi connectivity index (χ2n) is 14.6. The zero-order valence-corrected chi connectivity index (χ0v) is 30.9. The van der Waals surface area contributed by atoms with Crippen LogP contribution in [0, 0.1) is 0 Å². The van der Waals surface area contributed by atoms with Crippen LogP contribution in [-0.2, 0) is 0 Å². The summed E-state index contributed by atoms with van der Waals surface area (Å²) in [6.07, 6.45) is 0. The molecule has 0 saturated carbocycles. The van der Waals surface area contributed by atoms with Gasteiger partial charge in [0.05, 0.1) is 11.4 Å². The van der Waals surface area contributed by atoms with Crippen molar-refractivity contribution in [3.05, 3.63) is 206 Å². The Balaban J connectivity index is 1.12. The molecule has 0 aliphatic heterocycles. The summed E-state index contributed by atoms with van der Waals surface area (Å²) in [5.41, 5.74) is 13.2. The van der Waals surface area contributed by atoms with Crippen LogP contribution in [0.1, 0.15) is 0 Å². The normalized spacial score (nSPS) is 11.5. The molecule has 0 aliphatic carbocycles. The van der Waals surface area contributed by atoms with Crippen molar-refractivity contribution in [1.29, 1.82) is 0 Å². The summed E-state index contributed by atoms with van der Waals surface area (Å²) in [6.45, 7) is 0. The Bertz CT molecular complexity index is 3290. The number of aromatic nitrogens is 2. The van der Waals surface area contributed by atoms with Gasteiger partial charge in [-0.05, 0) is 103 Å². The third-order valence-corrected chi connectivity index (χ3v) is 11.1. The maximum absolute atomic E-state index is 6.20. The van der Waals surface area contributed by atoms with E-state index in [1.165, 1.54) is 21.5 Å². The molecule has 0 unspecified atom stereocenters. The van der Waals surface area contributed by atoms with Gasteiger partial charge in [-0.25, -0.2) is 9.97 Å². The van der Waals surface area contributed by atoms with Crippen molar-refractivity contribution >= 4 is 43.5 Å². The molecule has 2 heterocycles. The van der Waals surface area contributed by atoms with Crippen molar-refractivity contribution in [1.82, 2.24) is 9.97 Å². The number of furan rings is 1. The molecule has 0 radical (unpaired) electrons. The van der Waals surface area contributed by atoms with Gasteiger partial charge in [-0.1, -0.05) is 158 Å². The molecule has 11 rings (SSSR count).